The predicted molar refractivity (Wildman–Crippen MR) is 100.0 cm³/mol. The van der Waals surface area contributed by atoms with Crippen LogP contribution in [-0.2, 0) is 17.5 Å². The molecule has 0 radical (unpaired) electrons. The molecule has 1 fully saturated rings. The van der Waals surface area contributed by atoms with Crippen LogP contribution in [0.4, 0.5) is 17.6 Å². The van der Waals surface area contributed by atoms with Crippen molar-refractivity contribution in [3.05, 3.63) is 41.6 Å². The zero-order chi connectivity index (χ0) is 21.2. The highest BCUT2D eigenvalue weighted by Crippen LogP contribution is 2.27. The highest BCUT2D eigenvalue weighted by Gasteiger charge is 2.35. The van der Waals surface area contributed by atoms with Gasteiger partial charge in [-0.05, 0) is 18.6 Å². The van der Waals surface area contributed by atoms with E-state index in [9.17, 15) is 27.6 Å². The first kappa shape index (κ1) is 23.4. The predicted octanol–water partition coefficient (Wildman–Crippen LogP) is 2.56. The number of carbonyl (C=O) groups is 1. The monoisotopic (exact) mass is 444 g/mol. The fourth-order valence-corrected chi connectivity index (χ4v) is 2.92. The summed E-state index contributed by atoms with van der Waals surface area (Å²) >= 11 is 0. The highest BCUT2D eigenvalue weighted by molar-refractivity contribution is 5.85. The summed E-state index contributed by atoms with van der Waals surface area (Å²) in [6.07, 6.45) is -2.50. The molecule has 0 bridgehead atoms. The van der Waals surface area contributed by atoms with Crippen molar-refractivity contribution in [1.29, 1.82) is 5.26 Å². The van der Waals surface area contributed by atoms with Crippen LogP contribution in [-0.4, -0.2) is 39.1 Å². The van der Waals surface area contributed by atoms with Crippen LogP contribution in [0.3, 0.4) is 0 Å². The molecule has 2 N–H and O–H groups in total. The van der Waals surface area contributed by atoms with E-state index < -0.39 is 36.2 Å². The zero-order valence-corrected chi connectivity index (χ0v) is 16.4. The normalized spacial score (nSPS) is 20.9. The van der Waals surface area contributed by atoms with E-state index in [0.29, 0.717) is 5.56 Å². The number of pyridine rings is 1. The second-order valence-corrected chi connectivity index (χ2v) is 6.61. The number of nitrogens with zero attached hydrogens (tertiary/aromatic N) is 4. The van der Waals surface area contributed by atoms with E-state index in [2.05, 4.69) is 25.6 Å². The van der Waals surface area contributed by atoms with E-state index in [4.69, 9.17) is 0 Å². The molecule has 0 aliphatic carbocycles. The third-order valence-electron chi connectivity index (χ3n) is 4.55. The molecule has 3 heterocycles. The van der Waals surface area contributed by atoms with Crippen LogP contribution < -0.4 is 10.6 Å². The Balaban J connectivity index is 0.00000320. The third-order valence-corrected chi connectivity index (χ3v) is 4.55. The molecular weight excluding hydrogens is 428 g/mol. The summed E-state index contributed by atoms with van der Waals surface area (Å²) in [6.45, 7) is 1.62. The maximum absolute atomic E-state index is 13.6. The lowest BCUT2D eigenvalue weighted by atomic mass is 10.1. The first-order chi connectivity index (χ1) is 13.7. The Morgan fingerprint density at radius 2 is 1.97 bits per heavy atom. The van der Waals surface area contributed by atoms with Crippen molar-refractivity contribution in [2.24, 2.45) is 0 Å². The lowest BCUT2D eigenvalue weighted by Gasteiger charge is -2.13. The lowest BCUT2D eigenvalue weighted by molar-refractivity contribution is -0.145. The van der Waals surface area contributed by atoms with Crippen LogP contribution in [0.1, 0.15) is 30.3 Å². The maximum atomic E-state index is 13.6. The lowest BCUT2D eigenvalue weighted by Crippen LogP contribution is -2.42. The number of amides is 1. The van der Waals surface area contributed by atoms with Gasteiger partial charge in [-0.1, -0.05) is 0 Å². The van der Waals surface area contributed by atoms with Gasteiger partial charge in [0.1, 0.15) is 12.2 Å². The van der Waals surface area contributed by atoms with Gasteiger partial charge in [-0.3, -0.25) is 9.78 Å². The van der Waals surface area contributed by atoms with Crippen molar-refractivity contribution in [2.75, 3.05) is 0 Å². The Morgan fingerprint density at radius 3 is 2.50 bits per heavy atom. The number of nitriles is 1. The van der Waals surface area contributed by atoms with Crippen molar-refractivity contribution >= 4 is 18.3 Å². The van der Waals surface area contributed by atoms with Crippen LogP contribution in [0.25, 0.3) is 11.3 Å². The van der Waals surface area contributed by atoms with Gasteiger partial charge in [0.2, 0.25) is 11.7 Å². The van der Waals surface area contributed by atoms with E-state index in [0.717, 1.165) is 12.4 Å². The average Bonchev–Trinajstić information content (AvgIpc) is 3.04. The number of hydrogen-bond acceptors (Lipinski definition) is 6. The molecular formula is C18H17ClF4N6O. The van der Waals surface area contributed by atoms with E-state index in [1.54, 1.807) is 6.92 Å². The quantitative estimate of drug-likeness (QED) is 0.702. The Kier molecular flexibility index (Phi) is 7.28. The summed E-state index contributed by atoms with van der Waals surface area (Å²) in [4.78, 5) is 22.8. The number of rotatable bonds is 4. The summed E-state index contributed by atoms with van der Waals surface area (Å²) < 4.78 is 51.4. The molecule has 3 atom stereocenters. The van der Waals surface area contributed by atoms with Gasteiger partial charge in [0.05, 0.1) is 17.3 Å². The fraction of sp³-hybridized carbons (Fsp3) is 0.389. The van der Waals surface area contributed by atoms with Gasteiger partial charge in [0.25, 0.3) is 0 Å². The van der Waals surface area contributed by atoms with E-state index in [-0.39, 0.29) is 42.2 Å². The number of hydrogen-bond donors (Lipinski definition) is 2. The molecule has 0 spiro atoms. The van der Waals surface area contributed by atoms with Crippen molar-refractivity contribution in [2.45, 2.75) is 44.3 Å². The number of alkyl halides is 4. The Hall–Kier alpha value is -2.84. The van der Waals surface area contributed by atoms with Crippen molar-refractivity contribution in [3.8, 4) is 17.3 Å². The van der Waals surface area contributed by atoms with Crippen molar-refractivity contribution < 1.29 is 22.4 Å². The standard InChI is InChI=1S/C18H16F4N6O.ClH/c1-9-13(19)3-15(28-9)16(29)25-5-10-2-14(24-6-11(10)4-23)12-7-26-17(27-8-12)18(20,21)22;/h2,6-9,13,15,28H,3,5H2,1H3,(H,25,29);1H/t9-,13+,15-;/m0./s1. The zero-order valence-electron chi connectivity index (χ0n) is 15.6. The van der Waals surface area contributed by atoms with E-state index >= 15 is 0 Å². The van der Waals surface area contributed by atoms with Gasteiger partial charge >= 0.3 is 6.18 Å². The second-order valence-electron chi connectivity index (χ2n) is 6.61. The Labute approximate surface area is 175 Å². The van der Waals surface area contributed by atoms with Crippen LogP contribution in [0.5, 0.6) is 0 Å². The Bertz CT molecular complexity index is 937. The van der Waals surface area contributed by atoms with Crippen molar-refractivity contribution in [1.82, 2.24) is 25.6 Å². The summed E-state index contributed by atoms with van der Waals surface area (Å²) in [7, 11) is 0. The Morgan fingerprint density at radius 1 is 1.30 bits per heavy atom. The van der Waals surface area contributed by atoms with Crippen molar-refractivity contribution in [3.63, 3.8) is 0 Å². The summed E-state index contributed by atoms with van der Waals surface area (Å²) in [5.41, 5.74) is 1.08. The van der Waals surface area contributed by atoms with E-state index in [1.165, 1.54) is 12.3 Å². The molecule has 1 amide bonds. The first-order valence-electron chi connectivity index (χ1n) is 8.65. The van der Waals surface area contributed by atoms with Gasteiger partial charge in [-0.15, -0.1) is 12.4 Å². The second kappa shape index (κ2) is 9.32. The average molecular weight is 445 g/mol. The SMILES string of the molecule is C[C@@H]1N[C@H](C(=O)NCc2cc(-c3cnc(C(F)(F)F)nc3)ncc2C#N)C[C@H]1F.Cl. The van der Waals surface area contributed by atoms with Crippen LogP contribution in [0.15, 0.2) is 24.7 Å². The smallest absolute Gasteiger partial charge is 0.351 e. The van der Waals surface area contributed by atoms with Gasteiger partial charge < -0.3 is 10.6 Å². The van der Waals surface area contributed by atoms with Crippen LogP contribution in [0, 0.1) is 11.3 Å². The first-order valence-corrected chi connectivity index (χ1v) is 8.65. The summed E-state index contributed by atoms with van der Waals surface area (Å²) in [5.74, 6) is -1.68. The van der Waals surface area contributed by atoms with Crippen LogP contribution in [0.2, 0.25) is 0 Å². The topological polar surface area (TPSA) is 104 Å². The number of carbonyl (C=O) groups excluding carboxylic acids is 1. The summed E-state index contributed by atoms with van der Waals surface area (Å²) in [5, 5.41) is 14.7. The molecule has 160 valence electrons. The minimum Gasteiger partial charge on any atom is -0.351 e. The molecule has 0 aromatic carbocycles. The van der Waals surface area contributed by atoms with Gasteiger partial charge in [-0.25, -0.2) is 14.4 Å². The molecule has 12 heteroatoms. The molecule has 30 heavy (non-hydrogen) atoms. The maximum Gasteiger partial charge on any atom is 0.451 e. The molecule has 0 saturated carbocycles. The molecule has 1 aliphatic rings. The van der Waals surface area contributed by atoms with E-state index in [1.807, 2.05) is 6.07 Å². The van der Waals surface area contributed by atoms with Crippen LogP contribution >= 0.6 is 12.4 Å². The molecule has 2 aromatic heterocycles. The molecule has 7 nitrogen and oxygen atoms in total. The number of aromatic nitrogens is 3. The largest absolute Gasteiger partial charge is 0.451 e. The van der Waals surface area contributed by atoms with Gasteiger partial charge in [0, 0.05) is 43.2 Å². The molecule has 2 aromatic rings. The molecule has 1 aliphatic heterocycles. The minimum atomic E-state index is -4.66. The highest BCUT2D eigenvalue weighted by atomic mass is 35.5. The number of nitrogens with one attached hydrogen (secondary N) is 2. The number of halogens is 5. The molecule has 1 saturated heterocycles. The molecule has 0 unspecified atom stereocenters. The molecule has 3 rings (SSSR count). The minimum absolute atomic E-state index is 0. The summed E-state index contributed by atoms with van der Waals surface area (Å²) in [6, 6.07) is 2.31. The fourth-order valence-electron chi connectivity index (χ4n) is 2.92. The van der Waals surface area contributed by atoms with Gasteiger partial charge in [-0.2, -0.15) is 18.4 Å². The van der Waals surface area contributed by atoms with Gasteiger partial charge in [0.15, 0.2) is 0 Å². The third kappa shape index (κ3) is 5.20.